The lowest BCUT2D eigenvalue weighted by Gasteiger charge is -2.17. The minimum absolute atomic E-state index is 0.116. The number of aromatic nitrogens is 1. The first kappa shape index (κ1) is 19.1. The van der Waals surface area contributed by atoms with Crippen molar-refractivity contribution in [2.24, 2.45) is 0 Å². The number of hydrogen-bond acceptors (Lipinski definition) is 4. The Morgan fingerprint density at radius 1 is 1.11 bits per heavy atom. The maximum Gasteiger partial charge on any atom is 0.228 e. The molecule has 0 radical (unpaired) electrons. The van der Waals surface area contributed by atoms with Crippen LogP contribution in [0, 0.1) is 0 Å². The number of carbonyl (C=O) groups is 2. The Bertz CT molecular complexity index is 943. The molecule has 2 amide bonds. The van der Waals surface area contributed by atoms with Crippen LogP contribution in [0.4, 0.5) is 5.13 Å². The molecule has 0 bridgehead atoms. The van der Waals surface area contributed by atoms with Crippen LogP contribution in [0.1, 0.15) is 24.9 Å². The monoisotopic (exact) mass is 399 g/mol. The summed E-state index contributed by atoms with van der Waals surface area (Å²) in [6.07, 6.45) is 0.116. The summed E-state index contributed by atoms with van der Waals surface area (Å²) >= 11 is 7.53. The van der Waals surface area contributed by atoms with Crippen LogP contribution in [0.3, 0.4) is 0 Å². The first-order valence-corrected chi connectivity index (χ1v) is 9.61. The Morgan fingerprint density at radius 3 is 2.52 bits per heavy atom. The highest BCUT2D eigenvalue weighted by Crippen LogP contribution is 2.30. The van der Waals surface area contributed by atoms with Crippen LogP contribution in [0.15, 0.2) is 60.0 Å². The first-order valence-electron chi connectivity index (χ1n) is 8.35. The van der Waals surface area contributed by atoms with Crippen molar-refractivity contribution in [1.82, 2.24) is 10.3 Å². The van der Waals surface area contributed by atoms with Gasteiger partial charge in [0.25, 0.3) is 0 Å². The van der Waals surface area contributed by atoms with Gasteiger partial charge in [-0.05, 0) is 11.6 Å². The fraction of sp³-hybridized carbons (Fsp3) is 0.150. The summed E-state index contributed by atoms with van der Waals surface area (Å²) in [6.45, 7) is 1.44. The molecule has 0 saturated heterocycles. The molecular weight excluding hydrogens is 382 g/mol. The highest BCUT2D eigenvalue weighted by atomic mass is 35.5. The van der Waals surface area contributed by atoms with Gasteiger partial charge in [-0.1, -0.05) is 60.1 Å². The summed E-state index contributed by atoms with van der Waals surface area (Å²) < 4.78 is 0. The van der Waals surface area contributed by atoms with E-state index in [1.54, 1.807) is 6.07 Å². The third-order valence-electron chi connectivity index (χ3n) is 3.87. The summed E-state index contributed by atoms with van der Waals surface area (Å²) in [5.74, 6) is -0.412. The summed E-state index contributed by atoms with van der Waals surface area (Å²) in [5, 5.41) is 8.56. The first-order chi connectivity index (χ1) is 13.0. The molecule has 0 saturated carbocycles. The zero-order chi connectivity index (χ0) is 19.2. The molecule has 2 N–H and O–H groups in total. The lowest BCUT2D eigenvalue weighted by molar-refractivity contribution is -0.120. The molecule has 1 heterocycles. The van der Waals surface area contributed by atoms with Crippen LogP contribution < -0.4 is 10.6 Å². The molecule has 0 aliphatic rings. The van der Waals surface area contributed by atoms with Gasteiger partial charge in [-0.15, -0.1) is 11.3 Å². The predicted molar refractivity (Wildman–Crippen MR) is 109 cm³/mol. The summed E-state index contributed by atoms with van der Waals surface area (Å²) in [6, 6.07) is 16.4. The van der Waals surface area contributed by atoms with E-state index in [1.165, 1.54) is 18.3 Å². The van der Waals surface area contributed by atoms with Gasteiger partial charge in [0.05, 0.1) is 18.2 Å². The van der Waals surface area contributed by atoms with Gasteiger partial charge in [0, 0.05) is 22.9 Å². The van der Waals surface area contributed by atoms with E-state index in [2.05, 4.69) is 15.6 Å². The van der Waals surface area contributed by atoms with Gasteiger partial charge in [-0.25, -0.2) is 4.98 Å². The lowest BCUT2D eigenvalue weighted by atomic mass is 10.0. The fourth-order valence-corrected chi connectivity index (χ4v) is 3.62. The molecule has 1 aromatic heterocycles. The molecule has 0 aliphatic heterocycles. The second kappa shape index (κ2) is 8.79. The molecule has 1 unspecified atom stereocenters. The van der Waals surface area contributed by atoms with Crippen molar-refractivity contribution in [3.05, 3.63) is 70.6 Å². The van der Waals surface area contributed by atoms with Gasteiger partial charge in [0.15, 0.2) is 5.13 Å². The van der Waals surface area contributed by atoms with E-state index >= 15 is 0 Å². The molecule has 3 aromatic rings. The zero-order valence-electron chi connectivity index (χ0n) is 14.6. The highest BCUT2D eigenvalue weighted by molar-refractivity contribution is 7.14. The van der Waals surface area contributed by atoms with Crippen LogP contribution in [0.5, 0.6) is 0 Å². The smallest absolute Gasteiger partial charge is 0.228 e. The van der Waals surface area contributed by atoms with E-state index < -0.39 is 6.04 Å². The number of hydrogen-bond donors (Lipinski definition) is 2. The minimum atomic E-state index is -0.397. The molecule has 0 aliphatic carbocycles. The van der Waals surface area contributed by atoms with E-state index in [1.807, 2.05) is 53.9 Å². The molecule has 2 aromatic carbocycles. The Balaban J connectivity index is 1.69. The number of anilines is 1. The van der Waals surface area contributed by atoms with E-state index in [-0.39, 0.29) is 18.2 Å². The Hall–Kier alpha value is -2.70. The van der Waals surface area contributed by atoms with E-state index in [9.17, 15) is 9.59 Å². The van der Waals surface area contributed by atoms with Crippen molar-refractivity contribution in [1.29, 1.82) is 0 Å². The van der Waals surface area contributed by atoms with Crippen LogP contribution in [0.2, 0.25) is 5.02 Å². The average Bonchev–Trinajstić information content (AvgIpc) is 3.10. The molecule has 7 heteroatoms. The maximum absolute atomic E-state index is 12.5. The molecule has 138 valence electrons. The molecular formula is C20H18ClN3O2S. The second-order valence-corrected chi connectivity index (χ2v) is 7.20. The van der Waals surface area contributed by atoms with Crippen molar-refractivity contribution in [3.63, 3.8) is 0 Å². The number of halogens is 1. The topological polar surface area (TPSA) is 71.1 Å². The SMILES string of the molecule is CC(=O)NC(CC(=O)Nc1nc(-c2ccccc2Cl)cs1)c1ccccc1. The lowest BCUT2D eigenvalue weighted by Crippen LogP contribution is -2.29. The largest absolute Gasteiger partial charge is 0.349 e. The van der Waals surface area contributed by atoms with Crippen molar-refractivity contribution in [3.8, 4) is 11.3 Å². The second-order valence-electron chi connectivity index (χ2n) is 5.93. The summed E-state index contributed by atoms with van der Waals surface area (Å²) in [7, 11) is 0. The van der Waals surface area contributed by atoms with Crippen molar-refractivity contribution < 1.29 is 9.59 Å². The maximum atomic E-state index is 12.5. The van der Waals surface area contributed by atoms with Gasteiger partial charge < -0.3 is 10.6 Å². The normalized spacial score (nSPS) is 11.6. The van der Waals surface area contributed by atoms with Crippen LogP contribution in [0.25, 0.3) is 11.3 Å². The molecule has 1 atom stereocenters. The highest BCUT2D eigenvalue weighted by Gasteiger charge is 2.18. The van der Waals surface area contributed by atoms with E-state index in [4.69, 9.17) is 11.6 Å². The van der Waals surface area contributed by atoms with Gasteiger partial charge in [-0.3, -0.25) is 9.59 Å². The fourth-order valence-electron chi connectivity index (χ4n) is 2.66. The molecule has 3 rings (SSSR count). The minimum Gasteiger partial charge on any atom is -0.349 e. The predicted octanol–water partition coefficient (Wildman–Crippen LogP) is 4.67. The number of benzene rings is 2. The van der Waals surface area contributed by atoms with Gasteiger partial charge in [-0.2, -0.15) is 0 Å². The quantitative estimate of drug-likeness (QED) is 0.632. The van der Waals surface area contributed by atoms with Gasteiger partial charge >= 0.3 is 0 Å². The van der Waals surface area contributed by atoms with Crippen molar-refractivity contribution in [2.45, 2.75) is 19.4 Å². The number of nitrogens with one attached hydrogen (secondary N) is 2. The molecule has 27 heavy (non-hydrogen) atoms. The number of nitrogens with zero attached hydrogens (tertiary/aromatic N) is 1. The van der Waals surface area contributed by atoms with Gasteiger partial charge in [0.2, 0.25) is 11.8 Å². The third kappa shape index (κ3) is 5.15. The summed E-state index contributed by atoms with van der Waals surface area (Å²) in [5.41, 5.74) is 2.40. The van der Waals surface area contributed by atoms with Crippen LogP contribution >= 0.6 is 22.9 Å². The van der Waals surface area contributed by atoms with E-state index in [0.29, 0.717) is 15.8 Å². The van der Waals surface area contributed by atoms with Crippen molar-refractivity contribution in [2.75, 3.05) is 5.32 Å². The third-order valence-corrected chi connectivity index (χ3v) is 4.96. The Morgan fingerprint density at radius 2 is 1.81 bits per heavy atom. The Kier molecular flexibility index (Phi) is 6.21. The van der Waals surface area contributed by atoms with Crippen LogP contribution in [-0.2, 0) is 9.59 Å². The summed E-state index contributed by atoms with van der Waals surface area (Å²) in [4.78, 5) is 28.4. The molecule has 5 nitrogen and oxygen atoms in total. The van der Waals surface area contributed by atoms with Crippen molar-refractivity contribution >= 4 is 39.9 Å². The standard InChI is InChI=1S/C20H18ClN3O2S/c1-13(25)22-17(14-7-3-2-4-8-14)11-19(26)24-20-23-18(12-27-20)15-9-5-6-10-16(15)21/h2-10,12,17H,11H2,1H3,(H,22,25)(H,23,24,26). The number of carbonyl (C=O) groups excluding carboxylic acids is 2. The average molecular weight is 400 g/mol. The van der Waals surface area contributed by atoms with Gasteiger partial charge in [0.1, 0.15) is 0 Å². The Labute approximate surface area is 166 Å². The number of amides is 2. The molecule has 0 spiro atoms. The van der Waals surface area contributed by atoms with E-state index in [0.717, 1.165) is 11.1 Å². The number of rotatable bonds is 6. The van der Waals surface area contributed by atoms with Crippen LogP contribution in [-0.4, -0.2) is 16.8 Å². The zero-order valence-corrected chi connectivity index (χ0v) is 16.2. The number of thiazole rings is 1. The molecule has 0 fully saturated rings.